The number of nitriles is 1. The fraction of sp³-hybridized carbons (Fsp3) is 0.235. The molecule has 2 N–H and O–H groups in total. The molecule has 20 heavy (non-hydrogen) atoms. The first-order valence-corrected chi connectivity index (χ1v) is 6.88. The van der Waals surface area contributed by atoms with Gasteiger partial charge < -0.3 is 10.6 Å². The highest BCUT2D eigenvalue weighted by atomic mass is 15.2. The van der Waals surface area contributed by atoms with Crippen molar-refractivity contribution in [3.05, 3.63) is 59.7 Å². The molecule has 1 aliphatic rings. The van der Waals surface area contributed by atoms with Crippen LogP contribution < -0.4 is 10.6 Å². The number of hydrogen-bond acceptors (Lipinski definition) is 3. The summed E-state index contributed by atoms with van der Waals surface area (Å²) in [5.41, 5.74) is 9.28. The predicted octanol–water partition coefficient (Wildman–Crippen LogP) is 3.31. The summed E-state index contributed by atoms with van der Waals surface area (Å²) in [6.07, 6.45) is 2.44. The monoisotopic (exact) mass is 263 g/mol. The summed E-state index contributed by atoms with van der Waals surface area (Å²) < 4.78 is 0. The second-order valence-electron chi connectivity index (χ2n) is 5.23. The third-order valence-electron chi connectivity index (χ3n) is 3.67. The first kappa shape index (κ1) is 12.6. The van der Waals surface area contributed by atoms with Gasteiger partial charge in [0, 0.05) is 24.0 Å². The summed E-state index contributed by atoms with van der Waals surface area (Å²) in [7, 11) is 0. The maximum Gasteiger partial charge on any atom is 0.101 e. The number of hydrogen-bond donors (Lipinski definition) is 1. The topological polar surface area (TPSA) is 53.0 Å². The van der Waals surface area contributed by atoms with E-state index in [2.05, 4.69) is 35.2 Å². The Balaban J connectivity index is 1.89. The van der Waals surface area contributed by atoms with Crippen LogP contribution in [0.3, 0.4) is 0 Å². The fourth-order valence-corrected chi connectivity index (χ4v) is 2.42. The van der Waals surface area contributed by atoms with Crippen molar-refractivity contribution in [2.24, 2.45) is 0 Å². The molecule has 0 saturated heterocycles. The maximum atomic E-state index is 9.12. The van der Waals surface area contributed by atoms with E-state index in [1.54, 1.807) is 0 Å². The van der Waals surface area contributed by atoms with Gasteiger partial charge in [-0.2, -0.15) is 5.26 Å². The van der Waals surface area contributed by atoms with Gasteiger partial charge in [0.15, 0.2) is 0 Å². The average Bonchev–Trinajstić information content (AvgIpc) is 3.31. The summed E-state index contributed by atoms with van der Waals surface area (Å²) in [4.78, 5) is 2.37. The Morgan fingerprint density at radius 3 is 2.55 bits per heavy atom. The normalized spacial score (nSPS) is 13.8. The van der Waals surface area contributed by atoms with E-state index in [-0.39, 0.29) is 0 Å². The zero-order chi connectivity index (χ0) is 13.9. The largest absolute Gasteiger partial charge is 0.398 e. The maximum absolute atomic E-state index is 9.12. The van der Waals surface area contributed by atoms with Crippen LogP contribution in [0.2, 0.25) is 0 Å². The molecule has 0 radical (unpaired) electrons. The van der Waals surface area contributed by atoms with Crippen LogP contribution in [0.15, 0.2) is 48.5 Å². The number of rotatable bonds is 4. The van der Waals surface area contributed by atoms with E-state index in [4.69, 9.17) is 11.0 Å². The number of nitrogens with two attached hydrogens (primary N) is 1. The van der Waals surface area contributed by atoms with Crippen molar-refractivity contribution in [1.82, 2.24) is 0 Å². The minimum absolute atomic E-state index is 0.548. The molecule has 2 aromatic rings. The molecule has 3 heteroatoms. The van der Waals surface area contributed by atoms with Crippen LogP contribution >= 0.6 is 0 Å². The Morgan fingerprint density at radius 2 is 1.90 bits per heavy atom. The highest BCUT2D eigenvalue weighted by Crippen LogP contribution is 2.34. The molecule has 3 rings (SSSR count). The van der Waals surface area contributed by atoms with E-state index >= 15 is 0 Å². The van der Waals surface area contributed by atoms with Gasteiger partial charge in [-0.05, 0) is 36.6 Å². The van der Waals surface area contributed by atoms with E-state index in [9.17, 15) is 0 Å². The van der Waals surface area contributed by atoms with Gasteiger partial charge in [-0.25, -0.2) is 0 Å². The molecule has 0 unspecified atom stereocenters. The highest BCUT2D eigenvalue weighted by molar-refractivity contribution is 5.63. The van der Waals surface area contributed by atoms with Crippen LogP contribution in [0.1, 0.15) is 24.0 Å². The molecule has 2 aromatic carbocycles. The number of nitrogens with zero attached hydrogens (tertiary/aromatic N) is 2. The van der Waals surface area contributed by atoms with Crippen molar-refractivity contribution >= 4 is 11.4 Å². The molecular weight excluding hydrogens is 246 g/mol. The van der Waals surface area contributed by atoms with Gasteiger partial charge in [0.2, 0.25) is 0 Å². The summed E-state index contributed by atoms with van der Waals surface area (Å²) in [6.45, 7) is 0.875. The Labute approximate surface area is 119 Å². The molecule has 0 bridgehead atoms. The van der Waals surface area contributed by atoms with Crippen molar-refractivity contribution in [2.75, 3.05) is 10.6 Å². The molecular formula is C17H17N3. The Morgan fingerprint density at radius 1 is 1.15 bits per heavy atom. The van der Waals surface area contributed by atoms with Crippen LogP contribution in [0, 0.1) is 11.3 Å². The van der Waals surface area contributed by atoms with Gasteiger partial charge >= 0.3 is 0 Å². The minimum Gasteiger partial charge on any atom is -0.398 e. The van der Waals surface area contributed by atoms with E-state index in [1.807, 2.05) is 24.3 Å². The summed E-state index contributed by atoms with van der Waals surface area (Å²) in [5, 5.41) is 9.12. The smallest absolute Gasteiger partial charge is 0.101 e. The molecule has 0 aliphatic heterocycles. The van der Waals surface area contributed by atoms with E-state index < -0.39 is 0 Å². The first-order chi connectivity index (χ1) is 9.78. The van der Waals surface area contributed by atoms with E-state index in [0.717, 1.165) is 12.2 Å². The van der Waals surface area contributed by atoms with Crippen molar-refractivity contribution in [3.8, 4) is 6.07 Å². The second kappa shape index (κ2) is 5.26. The molecule has 1 saturated carbocycles. The van der Waals surface area contributed by atoms with Gasteiger partial charge in [-0.15, -0.1) is 0 Å². The van der Waals surface area contributed by atoms with Gasteiger partial charge in [0.25, 0.3) is 0 Å². The first-order valence-electron chi connectivity index (χ1n) is 6.88. The van der Waals surface area contributed by atoms with Crippen molar-refractivity contribution < 1.29 is 0 Å². The lowest BCUT2D eigenvalue weighted by Crippen LogP contribution is -2.25. The molecule has 1 aliphatic carbocycles. The molecule has 1 fully saturated rings. The minimum atomic E-state index is 0.548. The van der Waals surface area contributed by atoms with Crippen LogP contribution in [0.25, 0.3) is 0 Å². The zero-order valence-electron chi connectivity index (χ0n) is 11.3. The molecule has 0 aromatic heterocycles. The second-order valence-corrected chi connectivity index (χ2v) is 5.23. The molecule has 100 valence electrons. The number of benzene rings is 2. The van der Waals surface area contributed by atoms with Crippen LogP contribution in [0.4, 0.5) is 11.4 Å². The molecule has 3 nitrogen and oxygen atoms in total. The van der Waals surface area contributed by atoms with Crippen LogP contribution in [-0.2, 0) is 6.54 Å². The lowest BCUT2D eigenvalue weighted by Gasteiger charge is -2.25. The van der Waals surface area contributed by atoms with Crippen molar-refractivity contribution in [3.63, 3.8) is 0 Å². The zero-order valence-corrected chi connectivity index (χ0v) is 11.3. The number of anilines is 2. The molecule has 0 amide bonds. The molecule has 0 heterocycles. The van der Waals surface area contributed by atoms with Crippen molar-refractivity contribution in [2.45, 2.75) is 25.4 Å². The van der Waals surface area contributed by atoms with Gasteiger partial charge in [-0.3, -0.25) is 0 Å². The van der Waals surface area contributed by atoms with Crippen LogP contribution in [-0.4, -0.2) is 6.04 Å². The van der Waals surface area contributed by atoms with Crippen molar-refractivity contribution in [1.29, 1.82) is 5.26 Å². The third kappa shape index (κ3) is 2.60. The Kier molecular flexibility index (Phi) is 3.30. The Bertz CT molecular complexity index is 639. The van der Waals surface area contributed by atoms with E-state index in [0.29, 0.717) is 17.3 Å². The predicted molar refractivity (Wildman–Crippen MR) is 81.2 cm³/mol. The van der Waals surface area contributed by atoms with Gasteiger partial charge in [-0.1, -0.05) is 30.3 Å². The summed E-state index contributed by atoms with van der Waals surface area (Å²) in [6, 6.07) is 18.9. The fourth-order valence-electron chi connectivity index (χ4n) is 2.42. The highest BCUT2D eigenvalue weighted by Gasteiger charge is 2.29. The van der Waals surface area contributed by atoms with Gasteiger partial charge in [0.1, 0.15) is 6.07 Å². The summed E-state index contributed by atoms with van der Waals surface area (Å²) in [5.74, 6) is 0. The SMILES string of the molecule is N#Cc1cc(N(Cc2ccccc2)C2CC2)ccc1N. The standard InChI is InChI=1S/C17H17N3/c18-11-14-10-16(8-9-17(14)19)20(15-6-7-15)12-13-4-2-1-3-5-13/h1-5,8-10,15H,6-7,12,19H2. The Hall–Kier alpha value is -2.47. The average molecular weight is 263 g/mol. The lowest BCUT2D eigenvalue weighted by atomic mass is 10.1. The lowest BCUT2D eigenvalue weighted by molar-refractivity contribution is 0.794. The molecule has 0 spiro atoms. The number of nitrogen functional groups attached to an aromatic ring is 1. The van der Waals surface area contributed by atoms with Crippen LogP contribution in [0.5, 0.6) is 0 Å². The third-order valence-corrected chi connectivity index (χ3v) is 3.67. The quantitative estimate of drug-likeness (QED) is 0.861. The van der Waals surface area contributed by atoms with Gasteiger partial charge in [0.05, 0.1) is 5.56 Å². The van der Waals surface area contributed by atoms with E-state index in [1.165, 1.54) is 18.4 Å². The molecule has 0 atom stereocenters. The summed E-state index contributed by atoms with van der Waals surface area (Å²) >= 11 is 0.